The Bertz CT molecular complexity index is 546. The van der Waals surface area contributed by atoms with E-state index in [0.717, 1.165) is 12.8 Å². The zero-order valence-electron chi connectivity index (χ0n) is 10.7. The average Bonchev–Trinajstić information content (AvgIpc) is 3.25. The largest absolute Gasteiger partial charge is 0.409 e. The number of benzene rings is 1. The molecule has 0 radical (unpaired) electrons. The van der Waals surface area contributed by atoms with Crippen molar-refractivity contribution < 1.29 is 14.4 Å². The van der Waals surface area contributed by atoms with Crippen molar-refractivity contribution in [1.29, 1.82) is 0 Å². The molecule has 0 bridgehead atoms. The van der Waals surface area contributed by atoms with E-state index in [-0.39, 0.29) is 29.8 Å². The maximum atomic E-state index is 13.8. The van der Waals surface area contributed by atoms with E-state index in [1.54, 1.807) is 11.0 Å². The molecule has 1 aromatic rings. The van der Waals surface area contributed by atoms with E-state index in [0.29, 0.717) is 11.0 Å². The van der Waals surface area contributed by atoms with Crippen molar-refractivity contribution in [3.05, 3.63) is 34.1 Å². The molecule has 2 rings (SSSR count). The van der Waals surface area contributed by atoms with Gasteiger partial charge in [0, 0.05) is 23.5 Å². The van der Waals surface area contributed by atoms with Gasteiger partial charge in [-0.25, -0.2) is 4.39 Å². The number of halogens is 2. The maximum Gasteiger partial charge on any atom is 0.257 e. The topological polar surface area (TPSA) is 78.9 Å². The lowest BCUT2D eigenvalue weighted by atomic mass is 10.1. The molecule has 1 aromatic carbocycles. The van der Waals surface area contributed by atoms with Crippen molar-refractivity contribution in [3.8, 4) is 0 Å². The molecular formula is C13H15BrFN3O2. The van der Waals surface area contributed by atoms with Crippen LogP contribution in [0.1, 0.15) is 29.6 Å². The molecule has 0 heterocycles. The summed E-state index contributed by atoms with van der Waals surface area (Å²) in [4.78, 5) is 14.0. The molecular weight excluding hydrogens is 329 g/mol. The highest BCUT2D eigenvalue weighted by atomic mass is 79.9. The minimum absolute atomic E-state index is 0.0331. The number of amidine groups is 1. The summed E-state index contributed by atoms with van der Waals surface area (Å²) in [5.74, 6) is -0.858. The summed E-state index contributed by atoms with van der Waals surface area (Å²) in [6.45, 7) is 0.311. The molecule has 20 heavy (non-hydrogen) atoms. The van der Waals surface area contributed by atoms with Crippen LogP contribution in [0.15, 0.2) is 27.8 Å². The molecule has 0 unspecified atom stereocenters. The van der Waals surface area contributed by atoms with Gasteiger partial charge < -0.3 is 15.8 Å². The van der Waals surface area contributed by atoms with E-state index < -0.39 is 5.82 Å². The van der Waals surface area contributed by atoms with Gasteiger partial charge >= 0.3 is 0 Å². The summed E-state index contributed by atoms with van der Waals surface area (Å²) in [7, 11) is 0. The Morgan fingerprint density at radius 3 is 2.85 bits per heavy atom. The zero-order chi connectivity index (χ0) is 14.7. The van der Waals surface area contributed by atoms with Crippen molar-refractivity contribution in [2.24, 2.45) is 10.9 Å². The number of oxime groups is 1. The summed E-state index contributed by atoms with van der Waals surface area (Å²) >= 11 is 3.23. The fourth-order valence-electron chi connectivity index (χ4n) is 1.94. The third kappa shape index (κ3) is 3.47. The number of carbonyl (C=O) groups excluding carboxylic acids is 1. The fraction of sp³-hybridized carbons (Fsp3) is 0.385. The Morgan fingerprint density at radius 1 is 1.55 bits per heavy atom. The van der Waals surface area contributed by atoms with E-state index in [9.17, 15) is 9.18 Å². The first-order valence-corrected chi connectivity index (χ1v) is 7.04. The predicted molar refractivity (Wildman–Crippen MR) is 76.2 cm³/mol. The molecule has 7 heteroatoms. The second-order valence-electron chi connectivity index (χ2n) is 4.70. The van der Waals surface area contributed by atoms with Crippen LogP contribution in [0.3, 0.4) is 0 Å². The van der Waals surface area contributed by atoms with Crippen molar-refractivity contribution in [2.75, 3.05) is 6.54 Å². The highest BCUT2D eigenvalue weighted by Crippen LogP contribution is 2.29. The first-order valence-electron chi connectivity index (χ1n) is 6.25. The molecule has 1 amide bonds. The van der Waals surface area contributed by atoms with E-state index in [1.807, 2.05) is 0 Å². The molecule has 1 aliphatic carbocycles. The minimum atomic E-state index is -0.548. The summed E-state index contributed by atoms with van der Waals surface area (Å²) < 4.78 is 14.4. The molecule has 0 aliphatic heterocycles. The first kappa shape index (κ1) is 14.8. The molecule has 0 aromatic heterocycles. The van der Waals surface area contributed by atoms with E-state index in [4.69, 9.17) is 10.9 Å². The molecule has 1 aliphatic rings. The van der Waals surface area contributed by atoms with Gasteiger partial charge in [-0.1, -0.05) is 21.1 Å². The predicted octanol–water partition coefficient (Wildman–Crippen LogP) is 2.33. The highest BCUT2D eigenvalue weighted by molar-refractivity contribution is 9.10. The van der Waals surface area contributed by atoms with Crippen molar-refractivity contribution in [2.45, 2.75) is 25.3 Å². The van der Waals surface area contributed by atoms with Crippen LogP contribution in [-0.4, -0.2) is 34.4 Å². The van der Waals surface area contributed by atoms with Crippen LogP contribution in [0.25, 0.3) is 0 Å². The number of carbonyl (C=O) groups is 1. The third-order valence-electron chi connectivity index (χ3n) is 3.14. The van der Waals surface area contributed by atoms with Gasteiger partial charge in [0.05, 0.1) is 5.56 Å². The number of amides is 1. The van der Waals surface area contributed by atoms with E-state index in [2.05, 4.69) is 21.1 Å². The number of hydrogen-bond acceptors (Lipinski definition) is 3. The SMILES string of the molecule is NC(CCN(C(=O)c1cc(Br)ccc1F)C1CC1)=NO. The van der Waals surface area contributed by atoms with Crippen LogP contribution in [-0.2, 0) is 0 Å². The summed E-state index contributed by atoms with van der Waals surface area (Å²) in [6.07, 6.45) is 2.06. The number of nitrogens with zero attached hydrogens (tertiary/aromatic N) is 2. The van der Waals surface area contributed by atoms with E-state index in [1.165, 1.54) is 12.1 Å². The normalized spacial score (nSPS) is 15.2. The van der Waals surface area contributed by atoms with Crippen LogP contribution in [0.5, 0.6) is 0 Å². The standard InChI is InChI=1S/C13H15BrFN3O2/c14-8-1-4-11(15)10(7-8)13(19)18(9-2-3-9)6-5-12(16)17-20/h1,4,7,9,20H,2-3,5-6H2,(H2,16,17). The summed E-state index contributed by atoms with van der Waals surface area (Å²) in [5.41, 5.74) is 5.45. The lowest BCUT2D eigenvalue weighted by Gasteiger charge is -2.22. The third-order valence-corrected chi connectivity index (χ3v) is 3.64. The molecule has 0 atom stereocenters. The van der Waals surface area contributed by atoms with Crippen LogP contribution in [0.4, 0.5) is 4.39 Å². The van der Waals surface area contributed by atoms with Gasteiger partial charge in [0.25, 0.3) is 5.91 Å². The van der Waals surface area contributed by atoms with Gasteiger partial charge in [-0.2, -0.15) is 0 Å². The van der Waals surface area contributed by atoms with Gasteiger partial charge in [0.1, 0.15) is 11.7 Å². The van der Waals surface area contributed by atoms with E-state index >= 15 is 0 Å². The first-order chi connectivity index (χ1) is 9.52. The van der Waals surface area contributed by atoms with Gasteiger partial charge in [-0.3, -0.25) is 4.79 Å². The van der Waals surface area contributed by atoms with Crippen LogP contribution in [0.2, 0.25) is 0 Å². The Kier molecular flexibility index (Phi) is 4.59. The van der Waals surface area contributed by atoms with Crippen LogP contribution in [0, 0.1) is 5.82 Å². The monoisotopic (exact) mass is 343 g/mol. The molecule has 1 fully saturated rings. The van der Waals surface area contributed by atoms with Gasteiger partial charge in [0.15, 0.2) is 0 Å². The Balaban J connectivity index is 2.16. The lowest BCUT2D eigenvalue weighted by molar-refractivity contribution is 0.0742. The van der Waals surface area contributed by atoms with Crippen molar-refractivity contribution in [1.82, 2.24) is 4.90 Å². The Hall–Kier alpha value is -1.63. The summed E-state index contributed by atoms with van der Waals surface area (Å²) in [6, 6.07) is 4.39. The minimum Gasteiger partial charge on any atom is -0.409 e. The maximum absolute atomic E-state index is 13.8. The van der Waals surface area contributed by atoms with Crippen molar-refractivity contribution >= 4 is 27.7 Å². The smallest absolute Gasteiger partial charge is 0.257 e. The molecule has 0 spiro atoms. The molecule has 108 valence electrons. The molecule has 0 saturated heterocycles. The zero-order valence-corrected chi connectivity index (χ0v) is 12.3. The number of rotatable bonds is 5. The molecule has 1 saturated carbocycles. The quantitative estimate of drug-likeness (QED) is 0.372. The fourth-order valence-corrected chi connectivity index (χ4v) is 2.30. The summed E-state index contributed by atoms with van der Waals surface area (Å²) in [5, 5.41) is 11.4. The lowest BCUT2D eigenvalue weighted by Crippen LogP contribution is -2.36. The number of nitrogens with two attached hydrogens (primary N) is 1. The Morgan fingerprint density at radius 2 is 2.25 bits per heavy atom. The van der Waals surface area contributed by atoms with Crippen molar-refractivity contribution in [3.63, 3.8) is 0 Å². The van der Waals surface area contributed by atoms with Crippen LogP contribution >= 0.6 is 15.9 Å². The number of hydrogen-bond donors (Lipinski definition) is 2. The second-order valence-corrected chi connectivity index (χ2v) is 5.61. The van der Waals surface area contributed by atoms with Gasteiger partial charge in [-0.05, 0) is 31.0 Å². The molecule has 5 nitrogen and oxygen atoms in total. The van der Waals surface area contributed by atoms with Crippen LogP contribution < -0.4 is 5.73 Å². The second kappa shape index (κ2) is 6.21. The molecule has 3 N–H and O–H groups in total. The highest BCUT2D eigenvalue weighted by Gasteiger charge is 2.33. The van der Waals surface area contributed by atoms with Gasteiger partial charge in [0.2, 0.25) is 0 Å². The Labute approximate surface area is 124 Å². The average molecular weight is 344 g/mol. The van der Waals surface area contributed by atoms with Gasteiger partial charge in [-0.15, -0.1) is 0 Å².